The molecule has 0 saturated heterocycles. The summed E-state index contributed by atoms with van der Waals surface area (Å²) in [5.41, 5.74) is 4.56. The van der Waals surface area contributed by atoms with E-state index in [1.54, 1.807) is 0 Å². The standard InChI is InChI=1S/C25H28N2O6/c1-32-14-22(24(29)30)26-23(28)19-11-6-12-21(19)27-25(31)33-13-20-17-9-4-2-7-15(17)16-8-3-5-10-18(16)20/h2-5,7-10,19-22H,6,11-14H2,1H3,(H,26,28)(H,27,31)(H,29,30)/t19-,21+,22-/m0/s1. The molecule has 4 rings (SSSR count). The average Bonchev–Trinajstić information content (AvgIpc) is 3.40. The lowest BCUT2D eigenvalue weighted by Gasteiger charge is -2.23. The summed E-state index contributed by atoms with van der Waals surface area (Å²) >= 11 is 0. The Bertz CT molecular complexity index is 994. The predicted molar refractivity (Wildman–Crippen MR) is 121 cm³/mol. The Morgan fingerprint density at radius 1 is 1.03 bits per heavy atom. The van der Waals surface area contributed by atoms with Gasteiger partial charge < -0.3 is 25.2 Å². The molecule has 0 radical (unpaired) electrons. The van der Waals surface area contributed by atoms with Crippen LogP contribution >= 0.6 is 0 Å². The number of alkyl carbamates (subject to hydrolysis) is 1. The highest BCUT2D eigenvalue weighted by molar-refractivity contribution is 5.86. The predicted octanol–water partition coefficient (Wildman–Crippen LogP) is 2.91. The van der Waals surface area contributed by atoms with Crippen molar-refractivity contribution in [3.05, 3.63) is 59.7 Å². The van der Waals surface area contributed by atoms with Crippen LogP contribution in [0.1, 0.15) is 36.3 Å². The summed E-state index contributed by atoms with van der Waals surface area (Å²) in [6, 6.07) is 14.7. The Hall–Kier alpha value is -3.39. The smallest absolute Gasteiger partial charge is 0.407 e. The highest BCUT2D eigenvalue weighted by Gasteiger charge is 2.36. The molecule has 3 N–H and O–H groups in total. The number of hydrogen-bond acceptors (Lipinski definition) is 5. The highest BCUT2D eigenvalue weighted by Crippen LogP contribution is 2.44. The summed E-state index contributed by atoms with van der Waals surface area (Å²) in [5.74, 6) is -2.12. The number of nitrogens with one attached hydrogen (secondary N) is 2. The first-order valence-corrected chi connectivity index (χ1v) is 11.1. The second kappa shape index (κ2) is 10.0. The molecule has 0 aromatic heterocycles. The molecular formula is C25H28N2O6. The van der Waals surface area contributed by atoms with Crippen LogP contribution in [0.2, 0.25) is 0 Å². The SMILES string of the molecule is COC[C@H](NC(=O)[C@H]1CCC[C@H]1NC(=O)OCC1c2ccccc2-c2ccccc21)C(=O)O. The highest BCUT2D eigenvalue weighted by atomic mass is 16.5. The molecule has 1 saturated carbocycles. The van der Waals surface area contributed by atoms with Crippen LogP contribution in [0, 0.1) is 5.92 Å². The molecule has 0 spiro atoms. The summed E-state index contributed by atoms with van der Waals surface area (Å²) in [4.78, 5) is 36.5. The van der Waals surface area contributed by atoms with Gasteiger partial charge in [0.25, 0.3) is 0 Å². The van der Waals surface area contributed by atoms with Crippen LogP contribution in [0.5, 0.6) is 0 Å². The molecule has 0 aliphatic heterocycles. The fourth-order valence-electron chi connectivity index (χ4n) is 4.86. The monoisotopic (exact) mass is 452 g/mol. The molecule has 2 aromatic carbocycles. The van der Waals surface area contributed by atoms with Crippen molar-refractivity contribution in [3.8, 4) is 11.1 Å². The minimum absolute atomic E-state index is 0.0452. The van der Waals surface area contributed by atoms with Gasteiger partial charge in [0.15, 0.2) is 6.04 Å². The van der Waals surface area contributed by atoms with Crippen molar-refractivity contribution in [1.82, 2.24) is 10.6 Å². The van der Waals surface area contributed by atoms with Crippen molar-refractivity contribution in [1.29, 1.82) is 0 Å². The maximum atomic E-state index is 12.6. The van der Waals surface area contributed by atoms with E-state index in [1.807, 2.05) is 24.3 Å². The maximum absolute atomic E-state index is 12.6. The molecule has 8 nitrogen and oxygen atoms in total. The van der Waals surface area contributed by atoms with Crippen LogP contribution < -0.4 is 10.6 Å². The lowest BCUT2D eigenvalue weighted by atomic mass is 9.98. The Morgan fingerprint density at radius 3 is 2.27 bits per heavy atom. The molecule has 8 heteroatoms. The van der Waals surface area contributed by atoms with Gasteiger partial charge in [-0.25, -0.2) is 9.59 Å². The second-order valence-corrected chi connectivity index (χ2v) is 8.47. The van der Waals surface area contributed by atoms with Gasteiger partial charge in [-0.1, -0.05) is 55.0 Å². The average molecular weight is 453 g/mol. The molecule has 0 bridgehead atoms. The zero-order chi connectivity index (χ0) is 23.4. The van der Waals surface area contributed by atoms with Gasteiger partial charge in [-0.3, -0.25) is 4.79 Å². The Labute approximate surface area is 192 Å². The van der Waals surface area contributed by atoms with Gasteiger partial charge in [0.05, 0.1) is 12.5 Å². The van der Waals surface area contributed by atoms with Crippen molar-refractivity contribution >= 4 is 18.0 Å². The summed E-state index contributed by atoms with van der Waals surface area (Å²) < 4.78 is 10.5. The molecule has 2 amide bonds. The van der Waals surface area contributed by atoms with Crippen molar-refractivity contribution in [2.75, 3.05) is 20.3 Å². The number of ether oxygens (including phenoxy) is 2. The molecule has 3 atom stereocenters. The fraction of sp³-hybridized carbons (Fsp3) is 0.400. The third-order valence-corrected chi connectivity index (χ3v) is 6.45. The first kappa shape index (κ1) is 22.8. The third kappa shape index (κ3) is 4.85. The number of fused-ring (bicyclic) bond motifs is 3. The van der Waals surface area contributed by atoms with Gasteiger partial charge >= 0.3 is 12.1 Å². The van der Waals surface area contributed by atoms with Gasteiger partial charge in [-0.2, -0.15) is 0 Å². The Morgan fingerprint density at radius 2 is 1.67 bits per heavy atom. The first-order chi connectivity index (χ1) is 16.0. The third-order valence-electron chi connectivity index (χ3n) is 6.45. The van der Waals surface area contributed by atoms with E-state index in [9.17, 15) is 19.5 Å². The Kier molecular flexibility index (Phi) is 6.93. The normalized spacial score (nSPS) is 19.9. The number of hydrogen-bond donors (Lipinski definition) is 3. The van der Waals surface area contributed by atoms with Crippen LogP contribution in [0.3, 0.4) is 0 Å². The number of carbonyl (C=O) groups is 3. The van der Waals surface area contributed by atoms with Gasteiger partial charge in [0.1, 0.15) is 6.61 Å². The Balaban J connectivity index is 1.36. The minimum atomic E-state index is -1.16. The van der Waals surface area contributed by atoms with E-state index < -0.39 is 36.0 Å². The topological polar surface area (TPSA) is 114 Å². The fourth-order valence-corrected chi connectivity index (χ4v) is 4.86. The van der Waals surface area contributed by atoms with Crippen LogP contribution in [0.25, 0.3) is 11.1 Å². The molecule has 174 valence electrons. The molecular weight excluding hydrogens is 424 g/mol. The van der Waals surface area contributed by atoms with E-state index in [-0.39, 0.29) is 19.1 Å². The first-order valence-electron chi connectivity index (χ1n) is 11.1. The van der Waals surface area contributed by atoms with E-state index in [2.05, 4.69) is 34.9 Å². The van der Waals surface area contributed by atoms with E-state index in [0.29, 0.717) is 12.8 Å². The van der Waals surface area contributed by atoms with Gasteiger partial charge in [-0.05, 0) is 35.1 Å². The minimum Gasteiger partial charge on any atom is -0.480 e. The molecule has 33 heavy (non-hydrogen) atoms. The largest absolute Gasteiger partial charge is 0.480 e. The molecule has 2 aliphatic rings. The summed E-state index contributed by atoms with van der Waals surface area (Å²) in [6.07, 6.45) is 1.38. The number of aliphatic carboxylic acids is 1. The molecule has 2 aromatic rings. The number of carbonyl (C=O) groups excluding carboxylic acids is 2. The maximum Gasteiger partial charge on any atom is 0.407 e. The number of amides is 2. The lowest BCUT2D eigenvalue weighted by Crippen LogP contribution is -2.50. The number of methoxy groups -OCH3 is 1. The van der Waals surface area contributed by atoms with Crippen LogP contribution in [0.15, 0.2) is 48.5 Å². The second-order valence-electron chi connectivity index (χ2n) is 8.47. The van der Waals surface area contributed by atoms with Crippen LogP contribution in [0.4, 0.5) is 4.79 Å². The summed E-state index contributed by atoms with van der Waals surface area (Å²) in [5, 5.41) is 14.6. The van der Waals surface area contributed by atoms with Crippen molar-refractivity contribution in [2.24, 2.45) is 5.92 Å². The van der Waals surface area contributed by atoms with Crippen molar-refractivity contribution in [2.45, 2.75) is 37.3 Å². The quantitative estimate of drug-likeness (QED) is 0.568. The number of carboxylic acids is 1. The van der Waals surface area contributed by atoms with Crippen molar-refractivity contribution in [3.63, 3.8) is 0 Å². The zero-order valence-corrected chi connectivity index (χ0v) is 18.5. The molecule has 2 aliphatic carbocycles. The van der Waals surface area contributed by atoms with Crippen LogP contribution in [-0.2, 0) is 19.1 Å². The molecule has 1 fully saturated rings. The molecule has 0 unspecified atom stereocenters. The summed E-state index contributed by atoms with van der Waals surface area (Å²) in [6.45, 7) is 0.0661. The number of carboxylic acid groups (broad SMARTS) is 1. The van der Waals surface area contributed by atoms with E-state index in [0.717, 1.165) is 28.7 Å². The van der Waals surface area contributed by atoms with Crippen molar-refractivity contribution < 1.29 is 29.0 Å². The van der Waals surface area contributed by atoms with Gasteiger partial charge in [0, 0.05) is 19.1 Å². The van der Waals surface area contributed by atoms with E-state index >= 15 is 0 Å². The summed E-state index contributed by atoms with van der Waals surface area (Å²) in [7, 11) is 1.37. The van der Waals surface area contributed by atoms with E-state index in [1.165, 1.54) is 7.11 Å². The number of rotatable bonds is 8. The zero-order valence-electron chi connectivity index (χ0n) is 18.5. The van der Waals surface area contributed by atoms with Crippen LogP contribution in [-0.4, -0.2) is 55.5 Å². The lowest BCUT2D eigenvalue weighted by molar-refractivity contribution is -0.144. The van der Waals surface area contributed by atoms with E-state index in [4.69, 9.17) is 9.47 Å². The van der Waals surface area contributed by atoms with Gasteiger partial charge in [0.2, 0.25) is 5.91 Å². The molecule has 0 heterocycles. The van der Waals surface area contributed by atoms with Gasteiger partial charge in [-0.15, -0.1) is 0 Å². The number of benzene rings is 2.